The topological polar surface area (TPSA) is 84.2 Å². The molecule has 0 aliphatic heterocycles. The molecule has 1 amide bonds. The number of aryl methyl sites for hydroxylation is 3. The summed E-state index contributed by atoms with van der Waals surface area (Å²) >= 11 is 0. The molecule has 6 heteroatoms. The van der Waals surface area contributed by atoms with Crippen molar-refractivity contribution in [1.29, 1.82) is 0 Å². The lowest BCUT2D eigenvalue weighted by molar-refractivity contribution is -0.121. The first-order valence-electron chi connectivity index (χ1n) is 7.04. The molecule has 0 saturated heterocycles. The van der Waals surface area contributed by atoms with E-state index in [0.717, 1.165) is 16.8 Å². The summed E-state index contributed by atoms with van der Waals surface area (Å²) < 4.78 is 1.74. The molecule has 2 N–H and O–H groups in total. The zero-order valence-corrected chi connectivity index (χ0v) is 12.7. The van der Waals surface area contributed by atoms with Gasteiger partial charge in [0.25, 0.3) is 0 Å². The Balaban J connectivity index is 1.84. The third-order valence-corrected chi connectivity index (χ3v) is 3.40. The van der Waals surface area contributed by atoms with Crippen LogP contribution in [0.4, 0.5) is 0 Å². The predicted octanol–water partition coefficient (Wildman–Crippen LogP) is 1.68. The molecular formula is C16H19N3O3. The minimum atomic E-state index is -0.972. The van der Waals surface area contributed by atoms with E-state index < -0.39 is 5.97 Å². The molecule has 0 spiro atoms. The van der Waals surface area contributed by atoms with Gasteiger partial charge in [0.05, 0.1) is 11.3 Å². The highest BCUT2D eigenvalue weighted by Gasteiger charge is 2.08. The van der Waals surface area contributed by atoms with Crippen LogP contribution in [0.1, 0.15) is 33.6 Å². The van der Waals surface area contributed by atoms with Gasteiger partial charge in [0.15, 0.2) is 0 Å². The van der Waals surface area contributed by atoms with Crippen molar-refractivity contribution in [2.75, 3.05) is 0 Å². The first-order chi connectivity index (χ1) is 10.5. The van der Waals surface area contributed by atoms with E-state index in [9.17, 15) is 9.59 Å². The molecule has 0 unspecified atom stereocenters. The number of hydrogen-bond donors (Lipinski definition) is 2. The Morgan fingerprint density at radius 1 is 1.36 bits per heavy atom. The first kappa shape index (κ1) is 15.8. The standard InChI is InChI=1S/C16H19N3O3/c1-11-14(10-19(2)18-11)6-7-15(20)17-9-12-4-3-5-13(8-12)16(21)22/h3-5,8,10H,6-7,9H2,1-2H3,(H,17,20)(H,21,22). The largest absolute Gasteiger partial charge is 0.478 e. The molecule has 0 aliphatic rings. The summed E-state index contributed by atoms with van der Waals surface area (Å²) in [6.45, 7) is 2.25. The highest BCUT2D eigenvalue weighted by molar-refractivity contribution is 5.87. The van der Waals surface area contributed by atoms with Gasteiger partial charge in [0, 0.05) is 26.2 Å². The third kappa shape index (κ3) is 4.18. The lowest BCUT2D eigenvalue weighted by atomic mass is 10.1. The SMILES string of the molecule is Cc1nn(C)cc1CCC(=O)NCc1cccc(C(=O)O)c1. The number of carboxylic acids is 1. The van der Waals surface area contributed by atoms with Crippen LogP contribution < -0.4 is 5.32 Å². The van der Waals surface area contributed by atoms with Gasteiger partial charge in [-0.05, 0) is 36.6 Å². The molecule has 0 atom stereocenters. The smallest absolute Gasteiger partial charge is 0.335 e. The zero-order valence-electron chi connectivity index (χ0n) is 12.7. The number of nitrogens with one attached hydrogen (secondary N) is 1. The molecule has 0 bridgehead atoms. The van der Waals surface area contributed by atoms with Gasteiger partial charge in [-0.25, -0.2) is 4.79 Å². The number of rotatable bonds is 6. The van der Waals surface area contributed by atoms with Crippen molar-refractivity contribution in [3.05, 3.63) is 52.8 Å². The van der Waals surface area contributed by atoms with Crippen LogP contribution in [0.2, 0.25) is 0 Å². The van der Waals surface area contributed by atoms with E-state index in [4.69, 9.17) is 5.11 Å². The number of aromatic nitrogens is 2. The van der Waals surface area contributed by atoms with Crippen LogP contribution in [0.15, 0.2) is 30.5 Å². The van der Waals surface area contributed by atoms with E-state index in [1.54, 1.807) is 22.9 Å². The van der Waals surface area contributed by atoms with Gasteiger partial charge in [0.1, 0.15) is 0 Å². The van der Waals surface area contributed by atoms with Gasteiger partial charge >= 0.3 is 5.97 Å². The van der Waals surface area contributed by atoms with Gasteiger partial charge in [-0.3, -0.25) is 9.48 Å². The summed E-state index contributed by atoms with van der Waals surface area (Å²) in [4.78, 5) is 22.8. The summed E-state index contributed by atoms with van der Waals surface area (Å²) in [5.74, 6) is -1.04. The zero-order chi connectivity index (χ0) is 16.1. The Labute approximate surface area is 128 Å². The van der Waals surface area contributed by atoms with Crippen LogP contribution >= 0.6 is 0 Å². The second kappa shape index (κ2) is 6.89. The molecule has 1 aromatic carbocycles. The molecule has 2 rings (SSSR count). The van der Waals surface area contributed by atoms with E-state index >= 15 is 0 Å². The van der Waals surface area contributed by atoms with Crippen LogP contribution in [-0.4, -0.2) is 26.8 Å². The second-order valence-electron chi connectivity index (χ2n) is 5.20. The van der Waals surface area contributed by atoms with Crippen molar-refractivity contribution >= 4 is 11.9 Å². The summed E-state index contributed by atoms with van der Waals surface area (Å²) in [5, 5.41) is 16.0. The van der Waals surface area contributed by atoms with Crippen molar-refractivity contribution < 1.29 is 14.7 Å². The van der Waals surface area contributed by atoms with Crippen molar-refractivity contribution in [1.82, 2.24) is 15.1 Å². The normalized spacial score (nSPS) is 10.5. The van der Waals surface area contributed by atoms with Crippen molar-refractivity contribution in [3.63, 3.8) is 0 Å². The lowest BCUT2D eigenvalue weighted by Gasteiger charge is -2.06. The Bertz CT molecular complexity index is 692. The molecule has 0 aliphatic carbocycles. The Kier molecular flexibility index (Phi) is 4.93. The minimum Gasteiger partial charge on any atom is -0.478 e. The van der Waals surface area contributed by atoms with Gasteiger partial charge < -0.3 is 10.4 Å². The molecular weight excluding hydrogens is 282 g/mol. The summed E-state index contributed by atoms with van der Waals surface area (Å²) in [6, 6.07) is 6.55. The molecule has 0 saturated carbocycles. The Morgan fingerprint density at radius 3 is 2.77 bits per heavy atom. The number of benzene rings is 1. The number of hydrogen-bond acceptors (Lipinski definition) is 3. The van der Waals surface area contributed by atoms with Crippen LogP contribution in [0.3, 0.4) is 0 Å². The maximum atomic E-state index is 11.9. The van der Waals surface area contributed by atoms with Crippen LogP contribution in [0.5, 0.6) is 0 Å². The molecule has 0 fully saturated rings. The van der Waals surface area contributed by atoms with Crippen LogP contribution in [-0.2, 0) is 24.8 Å². The number of carboxylic acid groups (broad SMARTS) is 1. The quantitative estimate of drug-likeness (QED) is 0.850. The highest BCUT2D eigenvalue weighted by atomic mass is 16.4. The van der Waals surface area contributed by atoms with Crippen molar-refractivity contribution in [2.24, 2.45) is 7.05 Å². The van der Waals surface area contributed by atoms with Gasteiger partial charge in [-0.2, -0.15) is 5.10 Å². The van der Waals surface area contributed by atoms with E-state index in [1.807, 2.05) is 20.2 Å². The molecule has 1 aromatic heterocycles. The van der Waals surface area contributed by atoms with Crippen molar-refractivity contribution in [3.8, 4) is 0 Å². The number of carbonyl (C=O) groups is 2. The fourth-order valence-electron chi connectivity index (χ4n) is 2.25. The Hall–Kier alpha value is -2.63. The fraction of sp³-hybridized carbons (Fsp3) is 0.312. The second-order valence-corrected chi connectivity index (χ2v) is 5.20. The van der Waals surface area contributed by atoms with Gasteiger partial charge in [0.2, 0.25) is 5.91 Å². The van der Waals surface area contributed by atoms with E-state index in [0.29, 0.717) is 19.4 Å². The van der Waals surface area contributed by atoms with E-state index in [-0.39, 0.29) is 11.5 Å². The predicted molar refractivity (Wildman–Crippen MR) is 81.5 cm³/mol. The fourth-order valence-corrected chi connectivity index (χ4v) is 2.25. The maximum absolute atomic E-state index is 11.9. The number of nitrogens with zero attached hydrogens (tertiary/aromatic N) is 2. The van der Waals surface area contributed by atoms with Gasteiger partial charge in [-0.1, -0.05) is 12.1 Å². The summed E-state index contributed by atoms with van der Waals surface area (Å²) in [7, 11) is 1.85. The minimum absolute atomic E-state index is 0.0658. The average Bonchev–Trinajstić information content (AvgIpc) is 2.81. The molecule has 1 heterocycles. The molecule has 2 aromatic rings. The monoisotopic (exact) mass is 301 g/mol. The van der Waals surface area contributed by atoms with Crippen molar-refractivity contribution in [2.45, 2.75) is 26.3 Å². The molecule has 116 valence electrons. The summed E-state index contributed by atoms with van der Waals surface area (Å²) in [5.41, 5.74) is 2.98. The maximum Gasteiger partial charge on any atom is 0.335 e. The van der Waals surface area contributed by atoms with E-state index in [1.165, 1.54) is 6.07 Å². The number of aromatic carboxylic acids is 1. The number of carbonyl (C=O) groups excluding carboxylic acids is 1. The van der Waals surface area contributed by atoms with Crippen LogP contribution in [0.25, 0.3) is 0 Å². The average molecular weight is 301 g/mol. The van der Waals surface area contributed by atoms with E-state index in [2.05, 4.69) is 10.4 Å². The number of amides is 1. The highest BCUT2D eigenvalue weighted by Crippen LogP contribution is 2.08. The van der Waals surface area contributed by atoms with Gasteiger partial charge in [-0.15, -0.1) is 0 Å². The summed E-state index contributed by atoms with van der Waals surface area (Å²) in [6.07, 6.45) is 2.94. The van der Waals surface area contributed by atoms with Crippen LogP contribution in [0, 0.1) is 6.92 Å². The molecule has 6 nitrogen and oxygen atoms in total. The third-order valence-electron chi connectivity index (χ3n) is 3.40. The molecule has 0 radical (unpaired) electrons. The lowest BCUT2D eigenvalue weighted by Crippen LogP contribution is -2.23. The molecule has 22 heavy (non-hydrogen) atoms. The Morgan fingerprint density at radius 2 is 2.14 bits per heavy atom. The first-order valence-corrected chi connectivity index (χ1v) is 7.04.